The fourth-order valence-corrected chi connectivity index (χ4v) is 2.34. The molecule has 1 rings (SSSR count). The average molecular weight is 261 g/mol. The molecule has 0 bridgehead atoms. The molecule has 1 N–H and O–H groups in total. The number of rotatable bonds is 7. The smallest absolute Gasteiger partial charge is 0.167 e. The van der Waals surface area contributed by atoms with Crippen molar-refractivity contribution in [3.63, 3.8) is 0 Å². The predicted octanol–water partition coefficient (Wildman–Crippen LogP) is 3.56. The van der Waals surface area contributed by atoms with E-state index in [1.807, 2.05) is 19.2 Å². The van der Waals surface area contributed by atoms with Crippen molar-refractivity contribution in [1.29, 1.82) is 0 Å². The maximum absolute atomic E-state index is 12.5. The maximum atomic E-state index is 12.5. The Morgan fingerprint density at radius 1 is 1.11 bits per heavy atom. The molecule has 1 unspecified atom stereocenters. The summed E-state index contributed by atoms with van der Waals surface area (Å²) in [7, 11) is 1.90. The summed E-state index contributed by atoms with van der Waals surface area (Å²) < 4.78 is 0. The van der Waals surface area contributed by atoms with E-state index in [-0.39, 0.29) is 11.7 Å². The van der Waals surface area contributed by atoms with Crippen molar-refractivity contribution >= 4 is 5.78 Å². The van der Waals surface area contributed by atoms with Gasteiger partial charge in [0.2, 0.25) is 0 Å². The van der Waals surface area contributed by atoms with E-state index in [4.69, 9.17) is 0 Å². The summed E-state index contributed by atoms with van der Waals surface area (Å²) in [5.74, 6) is 1.31. The second kappa shape index (κ2) is 7.44. The summed E-state index contributed by atoms with van der Waals surface area (Å²) in [5.41, 5.74) is 2.14. The highest BCUT2D eigenvalue weighted by molar-refractivity contribution is 5.98. The second-order valence-corrected chi connectivity index (χ2v) is 6.07. The van der Waals surface area contributed by atoms with Gasteiger partial charge in [-0.15, -0.1) is 0 Å². The van der Waals surface area contributed by atoms with Crippen LogP contribution in [-0.2, 0) is 6.42 Å². The molecule has 0 saturated carbocycles. The largest absolute Gasteiger partial charge is 0.319 e. The monoisotopic (exact) mass is 261 g/mol. The van der Waals surface area contributed by atoms with Crippen molar-refractivity contribution in [2.75, 3.05) is 13.6 Å². The molecule has 0 amide bonds. The van der Waals surface area contributed by atoms with Gasteiger partial charge in [-0.3, -0.25) is 4.79 Å². The first kappa shape index (κ1) is 15.9. The molecular formula is C17H27NO. The molecule has 2 heteroatoms. The van der Waals surface area contributed by atoms with Gasteiger partial charge in [0.15, 0.2) is 5.78 Å². The molecule has 1 aromatic carbocycles. The van der Waals surface area contributed by atoms with Crippen LogP contribution in [0.2, 0.25) is 0 Å². The fraction of sp³-hybridized carbons (Fsp3) is 0.588. The molecule has 1 atom stereocenters. The Balaban J connectivity index is 2.81. The number of carbonyl (C=O) groups is 1. The Morgan fingerprint density at radius 2 is 1.68 bits per heavy atom. The molecule has 19 heavy (non-hydrogen) atoms. The van der Waals surface area contributed by atoms with E-state index in [0.717, 1.165) is 18.5 Å². The number of Topliss-reactive ketones (excluding diaryl/α,β-unsaturated/α-hetero) is 1. The lowest BCUT2D eigenvalue weighted by atomic mass is 9.87. The van der Waals surface area contributed by atoms with Crippen molar-refractivity contribution in [2.24, 2.45) is 17.8 Å². The molecule has 0 aliphatic rings. The van der Waals surface area contributed by atoms with Gasteiger partial charge in [-0.05, 0) is 30.9 Å². The minimum atomic E-state index is 0.0564. The van der Waals surface area contributed by atoms with Gasteiger partial charge in [0.1, 0.15) is 0 Å². The molecule has 0 fully saturated rings. The van der Waals surface area contributed by atoms with Crippen LogP contribution in [0, 0.1) is 17.8 Å². The minimum Gasteiger partial charge on any atom is -0.319 e. The highest BCUT2D eigenvalue weighted by Gasteiger charge is 2.22. The summed E-state index contributed by atoms with van der Waals surface area (Å²) in [6.07, 6.45) is 1.07. The van der Waals surface area contributed by atoms with Crippen LogP contribution in [0.25, 0.3) is 0 Å². The Morgan fingerprint density at radius 3 is 2.11 bits per heavy atom. The van der Waals surface area contributed by atoms with Crippen LogP contribution in [0.1, 0.15) is 43.6 Å². The van der Waals surface area contributed by atoms with Crippen molar-refractivity contribution in [1.82, 2.24) is 5.32 Å². The Hall–Kier alpha value is -1.15. The van der Waals surface area contributed by atoms with Crippen LogP contribution in [-0.4, -0.2) is 19.4 Å². The molecule has 0 aliphatic heterocycles. The first-order valence-electron chi connectivity index (χ1n) is 7.23. The zero-order valence-electron chi connectivity index (χ0n) is 12.9. The van der Waals surface area contributed by atoms with E-state index >= 15 is 0 Å². The maximum Gasteiger partial charge on any atom is 0.167 e. The van der Waals surface area contributed by atoms with Crippen molar-refractivity contribution in [2.45, 2.75) is 34.1 Å². The SMILES string of the molecule is CNCC(C(=O)c1ccc(CC(C)C)cc1)C(C)C. The Kier molecular flexibility index (Phi) is 6.23. The Bertz CT molecular complexity index is 392. The first-order valence-corrected chi connectivity index (χ1v) is 7.23. The van der Waals surface area contributed by atoms with Gasteiger partial charge in [-0.25, -0.2) is 0 Å². The fourth-order valence-electron chi connectivity index (χ4n) is 2.34. The van der Waals surface area contributed by atoms with Crippen LogP contribution in [0.15, 0.2) is 24.3 Å². The summed E-state index contributed by atoms with van der Waals surface area (Å²) >= 11 is 0. The number of benzene rings is 1. The van der Waals surface area contributed by atoms with Gasteiger partial charge in [-0.2, -0.15) is 0 Å². The van der Waals surface area contributed by atoms with E-state index in [1.54, 1.807) is 0 Å². The molecule has 0 aliphatic carbocycles. The molecule has 0 radical (unpaired) electrons. The van der Waals surface area contributed by atoms with Gasteiger partial charge in [0.25, 0.3) is 0 Å². The quantitative estimate of drug-likeness (QED) is 0.760. The number of carbonyl (C=O) groups excluding carboxylic acids is 1. The summed E-state index contributed by atoms with van der Waals surface area (Å²) in [5, 5.41) is 3.12. The first-order chi connectivity index (χ1) is 8.95. The van der Waals surface area contributed by atoms with E-state index in [2.05, 4.69) is 45.1 Å². The second-order valence-electron chi connectivity index (χ2n) is 6.07. The van der Waals surface area contributed by atoms with Crippen LogP contribution >= 0.6 is 0 Å². The average Bonchev–Trinajstić information content (AvgIpc) is 2.35. The van der Waals surface area contributed by atoms with Crippen molar-refractivity contribution < 1.29 is 4.79 Å². The third-order valence-corrected chi connectivity index (χ3v) is 3.45. The lowest BCUT2D eigenvalue weighted by molar-refractivity contribution is 0.0886. The highest BCUT2D eigenvalue weighted by atomic mass is 16.1. The third-order valence-electron chi connectivity index (χ3n) is 3.45. The molecule has 1 aromatic rings. The van der Waals surface area contributed by atoms with Crippen molar-refractivity contribution in [3.8, 4) is 0 Å². The van der Waals surface area contributed by atoms with Crippen LogP contribution < -0.4 is 5.32 Å². The van der Waals surface area contributed by atoms with Gasteiger partial charge in [0, 0.05) is 18.0 Å². The third kappa shape index (κ3) is 4.79. The van der Waals surface area contributed by atoms with Crippen LogP contribution in [0.3, 0.4) is 0 Å². The number of nitrogens with one attached hydrogen (secondary N) is 1. The lowest BCUT2D eigenvalue weighted by Crippen LogP contribution is -2.30. The standard InChI is InChI=1S/C17H27NO/c1-12(2)10-14-6-8-15(9-7-14)17(19)16(11-18-5)13(3)4/h6-9,12-13,16,18H,10-11H2,1-5H3. The van der Waals surface area contributed by atoms with Gasteiger partial charge >= 0.3 is 0 Å². The highest BCUT2D eigenvalue weighted by Crippen LogP contribution is 2.18. The Labute approximate surface area is 117 Å². The molecule has 0 saturated heterocycles. The number of ketones is 1. The zero-order valence-corrected chi connectivity index (χ0v) is 12.9. The number of hydrogen-bond donors (Lipinski definition) is 1. The van der Waals surface area contributed by atoms with E-state index < -0.39 is 0 Å². The summed E-state index contributed by atoms with van der Waals surface area (Å²) in [4.78, 5) is 12.5. The normalized spacial score (nSPS) is 13.0. The van der Waals surface area contributed by atoms with E-state index in [9.17, 15) is 4.79 Å². The van der Waals surface area contributed by atoms with E-state index in [1.165, 1.54) is 5.56 Å². The van der Waals surface area contributed by atoms with Gasteiger partial charge in [0.05, 0.1) is 0 Å². The predicted molar refractivity (Wildman–Crippen MR) is 81.6 cm³/mol. The molecule has 0 aromatic heterocycles. The summed E-state index contributed by atoms with van der Waals surface area (Å²) in [6, 6.07) is 8.13. The van der Waals surface area contributed by atoms with Gasteiger partial charge < -0.3 is 5.32 Å². The number of hydrogen-bond acceptors (Lipinski definition) is 2. The summed E-state index contributed by atoms with van der Waals surface area (Å²) in [6.45, 7) is 9.37. The molecular weight excluding hydrogens is 234 g/mol. The molecule has 2 nitrogen and oxygen atoms in total. The van der Waals surface area contributed by atoms with Crippen LogP contribution in [0.5, 0.6) is 0 Å². The minimum absolute atomic E-state index is 0.0564. The zero-order chi connectivity index (χ0) is 14.4. The van der Waals surface area contributed by atoms with Gasteiger partial charge in [-0.1, -0.05) is 52.0 Å². The van der Waals surface area contributed by atoms with E-state index in [0.29, 0.717) is 11.8 Å². The topological polar surface area (TPSA) is 29.1 Å². The molecule has 0 heterocycles. The molecule has 106 valence electrons. The van der Waals surface area contributed by atoms with Crippen LogP contribution in [0.4, 0.5) is 0 Å². The molecule has 0 spiro atoms. The lowest BCUT2D eigenvalue weighted by Gasteiger charge is -2.19. The van der Waals surface area contributed by atoms with Crippen molar-refractivity contribution in [3.05, 3.63) is 35.4 Å².